The average Bonchev–Trinajstić information content (AvgIpc) is 2.57. The summed E-state index contributed by atoms with van der Waals surface area (Å²) in [6, 6.07) is 3.58. The molecule has 2 fully saturated rings. The zero-order valence-corrected chi connectivity index (χ0v) is 11.3. The van der Waals surface area contributed by atoms with Crippen molar-refractivity contribution >= 4 is 11.5 Å². The second-order valence-corrected chi connectivity index (χ2v) is 5.68. The maximum atomic E-state index is 5.84. The predicted octanol–water partition coefficient (Wildman–Crippen LogP) is 1.65. The van der Waals surface area contributed by atoms with E-state index in [2.05, 4.69) is 34.8 Å². The number of hydrogen-bond donors (Lipinski definition) is 1. The molecule has 98 valence electrons. The maximum absolute atomic E-state index is 5.84. The molecule has 2 N–H and O–H groups in total. The number of rotatable bonds is 1. The van der Waals surface area contributed by atoms with E-state index in [4.69, 9.17) is 5.73 Å². The molecule has 2 bridgehead atoms. The number of aryl methyl sites for hydroxylation is 1. The Bertz CT molecular complexity index is 445. The molecule has 1 aromatic heterocycles. The zero-order valence-electron chi connectivity index (χ0n) is 11.3. The molecule has 0 aromatic carbocycles. The standard InChI is InChI=1S/C14H22N4/c1-10-7-14(16-8-13(10)15)18-6-5-11-3-4-12(9-18)17(11)2/h7-8,11-12H,3-6,9,15H2,1-2H3. The molecular formula is C14H22N4. The van der Waals surface area contributed by atoms with E-state index in [1.54, 1.807) is 6.20 Å². The Kier molecular flexibility index (Phi) is 2.90. The molecule has 3 heterocycles. The van der Waals surface area contributed by atoms with E-state index in [0.29, 0.717) is 6.04 Å². The van der Waals surface area contributed by atoms with Gasteiger partial charge in [0.25, 0.3) is 0 Å². The normalized spacial score (nSPS) is 28.4. The van der Waals surface area contributed by atoms with Crippen LogP contribution in [0.5, 0.6) is 0 Å². The van der Waals surface area contributed by atoms with Gasteiger partial charge < -0.3 is 10.6 Å². The minimum Gasteiger partial charge on any atom is -0.397 e. The van der Waals surface area contributed by atoms with Crippen LogP contribution in [0.25, 0.3) is 0 Å². The lowest BCUT2D eigenvalue weighted by Crippen LogP contribution is -2.37. The van der Waals surface area contributed by atoms with E-state index in [1.807, 2.05) is 0 Å². The number of nitrogens with zero attached hydrogens (tertiary/aromatic N) is 3. The number of nitrogen functional groups attached to an aromatic ring is 1. The van der Waals surface area contributed by atoms with Gasteiger partial charge in [-0.15, -0.1) is 0 Å². The third kappa shape index (κ3) is 1.94. The van der Waals surface area contributed by atoms with Gasteiger partial charge in [-0.2, -0.15) is 0 Å². The highest BCUT2D eigenvalue weighted by Crippen LogP contribution is 2.30. The van der Waals surface area contributed by atoms with Crippen molar-refractivity contribution in [1.29, 1.82) is 0 Å². The van der Waals surface area contributed by atoms with Gasteiger partial charge in [-0.25, -0.2) is 4.98 Å². The molecule has 0 aliphatic carbocycles. The van der Waals surface area contributed by atoms with Gasteiger partial charge in [-0.3, -0.25) is 4.90 Å². The van der Waals surface area contributed by atoms with Crippen molar-refractivity contribution in [1.82, 2.24) is 9.88 Å². The number of anilines is 2. The highest BCUT2D eigenvalue weighted by molar-refractivity contribution is 5.52. The summed E-state index contributed by atoms with van der Waals surface area (Å²) in [5, 5.41) is 0. The Labute approximate surface area is 109 Å². The average molecular weight is 246 g/mol. The predicted molar refractivity (Wildman–Crippen MR) is 74.8 cm³/mol. The van der Waals surface area contributed by atoms with Gasteiger partial charge in [0.05, 0.1) is 11.9 Å². The van der Waals surface area contributed by atoms with Crippen LogP contribution < -0.4 is 10.6 Å². The first-order valence-corrected chi connectivity index (χ1v) is 6.84. The summed E-state index contributed by atoms with van der Waals surface area (Å²) < 4.78 is 0. The van der Waals surface area contributed by atoms with Gasteiger partial charge in [0, 0.05) is 25.2 Å². The van der Waals surface area contributed by atoms with E-state index < -0.39 is 0 Å². The number of pyridine rings is 1. The Morgan fingerprint density at radius 3 is 2.83 bits per heavy atom. The van der Waals surface area contributed by atoms with E-state index in [-0.39, 0.29) is 0 Å². The summed E-state index contributed by atoms with van der Waals surface area (Å²) in [5.41, 5.74) is 7.75. The SMILES string of the molecule is Cc1cc(N2CCC3CCC(C2)N3C)ncc1N. The van der Waals surface area contributed by atoms with Crippen molar-refractivity contribution in [2.45, 2.75) is 38.3 Å². The second kappa shape index (κ2) is 4.43. The fraction of sp³-hybridized carbons (Fsp3) is 0.643. The molecule has 1 aromatic rings. The molecule has 4 nitrogen and oxygen atoms in total. The van der Waals surface area contributed by atoms with Crippen LogP contribution in [0.2, 0.25) is 0 Å². The van der Waals surface area contributed by atoms with Gasteiger partial charge in [-0.05, 0) is 44.9 Å². The van der Waals surface area contributed by atoms with Crippen molar-refractivity contribution in [2.24, 2.45) is 0 Å². The molecule has 2 aliphatic rings. The van der Waals surface area contributed by atoms with Gasteiger partial charge in [-0.1, -0.05) is 0 Å². The molecule has 2 aliphatic heterocycles. The number of hydrogen-bond acceptors (Lipinski definition) is 4. The monoisotopic (exact) mass is 246 g/mol. The molecule has 0 spiro atoms. The first-order chi connectivity index (χ1) is 8.65. The highest BCUT2D eigenvalue weighted by Gasteiger charge is 2.34. The minimum atomic E-state index is 0.692. The molecule has 18 heavy (non-hydrogen) atoms. The maximum Gasteiger partial charge on any atom is 0.128 e. The van der Waals surface area contributed by atoms with Gasteiger partial charge in [0.2, 0.25) is 0 Å². The summed E-state index contributed by atoms with van der Waals surface area (Å²) in [5.74, 6) is 1.09. The lowest BCUT2D eigenvalue weighted by molar-refractivity contribution is 0.254. The van der Waals surface area contributed by atoms with E-state index in [0.717, 1.165) is 36.2 Å². The molecule has 0 amide bonds. The molecular weight excluding hydrogens is 224 g/mol. The summed E-state index contributed by atoms with van der Waals surface area (Å²) in [6.45, 7) is 4.27. The second-order valence-electron chi connectivity index (χ2n) is 5.68. The molecule has 0 saturated carbocycles. The van der Waals surface area contributed by atoms with E-state index in [9.17, 15) is 0 Å². The Morgan fingerprint density at radius 1 is 1.28 bits per heavy atom. The van der Waals surface area contributed by atoms with Gasteiger partial charge in [0.1, 0.15) is 5.82 Å². The van der Waals surface area contributed by atoms with E-state index >= 15 is 0 Å². The number of nitrogens with two attached hydrogens (primary N) is 1. The van der Waals surface area contributed by atoms with Crippen LogP contribution in [0.3, 0.4) is 0 Å². The van der Waals surface area contributed by atoms with Crippen LogP contribution in [-0.4, -0.2) is 42.1 Å². The first kappa shape index (κ1) is 11.8. The number of aromatic nitrogens is 1. The number of fused-ring (bicyclic) bond motifs is 2. The molecule has 2 atom stereocenters. The van der Waals surface area contributed by atoms with Crippen LogP contribution in [-0.2, 0) is 0 Å². The fourth-order valence-corrected chi connectivity index (χ4v) is 3.24. The fourth-order valence-electron chi connectivity index (χ4n) is 3.24. The molecule has 2 unspecified atom stereocenters. The Morgan fingerprint density at radius 2 is 2.06 bits per heavy atom. The minimum absolute atomic E-state index is 0.692. The smallest absolute Gasteiger partial charge is 0.128 e. The summed E-state index contributed by atoms with van der Waals surface area (Å²) >= 11 is 0. The van der Waals surface area contributed by atoms with Crippen LogP contribution in [0.4, 0.5) is 11.5 Å². The van der Waals surface area contributed by atoms with Gasteiger partial charge >= 0.3 is 0 Å². The largest absolute Gasteiger partial charge is 0.397 e. The molecule has 0 radical (unpaired) electrons. The first-order valence-electron chi connectivity index (χ1n) is 6.84. The van der Waals surface area contributed by atoms with Crippen LogP contribution in [0.1, 0.15) is 24.8 Å². The number of likely N-dealkylation sites (N-methyl/N-ethyl adjacent to an activating group) is 1. The topological polar surface area (TPSA) is 45.4 Å². The lowest BCUT2D eigenvalue weighted by Gasteiger charge is -2.27. The van der Waals surface area contributed by atoms with Gasteiger partial charge in [0.15, 0.2) is 0 Å². The van der Waals surface area contributed by atoms with Crippen molar-refractivity contribution in [3.63, 3.8) is 0 Å². The third-order valence-corrected chi connectivity index (χ3v) is 4.61. The van der Waals surface area contributed by atoms with Crippen LogP contribution in [0.15, 0.2) is 12.3 Å². The van der Waals surface area contributed by atoms with Crippen LogP contribution in [0, 0.1) is 6.92 Å². The van der Waals surface area contributed by atoms with E-state index in [1.165, 1.54) is 19.3 Å². The van der Waals surface area contributed by atoms with Crippen LogP contribution >= 0.6 is 0 Å². The highest BCUT2D eigenvalue weighted by atomic mass is 15.3. The Balaban J connectivity index is 1.82. The quantitative estimate of drug-likeness (QED) is 0.818. The molecule has 2 saturated heterocycles. The lowest BCUT2D eigenvalue weighted by atomic mass is 10.1. The molecule has 3 rings (SSSR count). The summed E-state index contributed by atoms with van der Waals surface area (Å²) in [4.78, 5) is 9.48. The summed E-state index contributed by atoms with van der Waals surface area (Å²) in [6.07, 6.45) is 5.73. The van der Waals surface area contributed by atoms with Crippen molar-refractivity contribution < 1.29 is 0 Å². The molecule has 4 heteroatoms. The van der Waals surface area contributed by atoms with Crippen molar-refractivity contribution in [3.8, 4) is 0 Å². The van der Waals surface area contributed by atoms with Crippen molar-refractivity contribution in [2.75, 3.05) is 30.8 Å². The van der Waals surface area contributed by atoms with Crippen molar-refractivity contribution in [3.05, 3.63) is 17.8 Å². The summed E-state index contributed by atoms with van der Waals surface area (Å²) in [7, 11) is 2.27. The third-order valence-electron chi connectivity index (χ3n) is 4.61. The Hall–Kier alpha value is -1.29. The zero-order chi connectivity index (χ0) is 12.7.